The van der Waals surface area contributed by atoms with E-state index >= 15 is 0 Å². The number of guanidine groups is 4. The van der Waals surface area contributed by atoms with Crippen LogP contribution in [0.25, 0.3) is 0 Å². The number of nitrogens with two attached hydrogens (primary N) is 4. The third-order valence-electron chi connectivity index (χ3n) is 5.74. The van der Waals surface area contributed by atoms with E-state index in [2.05, 4.69) is 15.0 Å². The Bertz CT molecular complexity index is 1270. The molecule has 0 spiro atoms. The molecule has 2 heterocycles. The summed E-state index contributed by atoms with van der Waals surface area (Å²) in [5, 5.41) is 7.84. The first-order chi connectivity index (χ1) is 18.2. The second-order valence-electron chi connectivity index (χ2n) is 8.69. The summed E-state index contributed by atoms with van der Waals surface area (Å²) in [7, 11) is 3.54. The van der Waals surface area contributed by atoms with Crippen molar-refractivity contribution in [1.29, 1.82) is 5.41 Å². The summed E-state index contributed by atoms with van der Waals surface area (Å²) < 4.78 is 22.4. The molecule has 0 saturated heterocycles. The molecule has 2 aliphatic rings. The van der Waals surface area contributed by atoms with Gasteiger partial charge in [-0.3, -0.25) is 5.41 Å². The maximum atomic E-state index is 7.84. The average Bonchev–Trinajstić information content (AvgIpc) is 3.51. The lowest BCUT2D eigenvalue weighted by molar-refractivity contribution is 0.0585. The first kappa shape index (κ1) is 26.2. The number of benzene rings is 2. The highest BCUT2D eigenvalue weighted by Crippen LogP contribution is 2.35. The maximum Gasteiger partial charge on any atom is 0.260 e. The summed E-state index contributed by atoms with van der Waals surface area (Å²) in [5.74, 6) is 2.70. The molecule has 2 aliphatic heterocycles. The highest BCUT2D eigenvalue weighted by atomic mass is 16.7. The molecule has 202 valence electrons. The predicted octanol–water partition coefficient (Wildman–Crippen LogP) is -0.0435. The molecule has 0 fully saturated rings. The van der Waals surface area contributed by atoms with Crippen molar-refractivity contribution in [2.24, 2.45) is 37.9 Å². The molecule has 0 radical (unpaired) electrons. The Kier molecular flexibility index (Phi) is 7.89. The van der Waals surface area contributed by atoms with Crippen LogP contribution in [-0.4, -0.2) is 73.9 Å². The number of nitrogens with zero attached hydrogens (tertiary/aromatic N) is 5. The number of fused-ring (bicyclic) bond motifs is 2. The van der Waals surface area contributed by atoms with Crippen LogP contribution in [0.4, 0.5) is 0 Å². The van der Waals surface area contributed by atoms with Gasteiger partial charge in [0.15, 0.2) is 34.9 Å². The molecule has 1 atom stereocenters. The van der Waals surface area contributed by atoms with Gasteiger partial charge in [-0.25, -0.2) is 4.99 Å². The summed E-state index contributed by atoms with van der Waals surface area (Å²) in [6.45, 7) is 1.40. The molecule has 2 aromatic carbocycles. The Morgan fingerprint density at radius 1 is 0.895 bits per heavy atom. The van der Waals surface area contributed by atoms with Gasteiger partial charge >= 0.3 is 0 Å². The van der Waals surface area contributed by atoms with Crippen molar-refractivity contribution >= 4 is 23.8 Å². The molecule has 1 unspecified atom stereocenters. The van der Waals surface area contributed by atoms with Crippen molar-refractivity contribution in [2.75, 3.05) is 34.0 Å². The number of likely N-dealkylation sites (N-methyl/N-ethyl adjacent to an activating group) is 1. The van der Waals surface area contributed by atoms with Crippen LogP contribution in [0.5, 0.6) is 23.0 Å². The average molecular weight is 525 g/mol. The standard InChI is InChI=1S/C24H32N10O4/c1-33(23(28)31-21(25)26)8-7-14-3-6-17-19(9-14)38-20(37-17)11-30-22(27)32-24(29)34(2)12-15-4-5-16-18(10-15)36-13-35-16/h3-6,9-10,20H,7-8,11-13H2,1-2H3,(H5,25,26,28,31)(H4,27,29,30,32). The second kappa shape index (κ2) is 11.5. The maximum absolute atomic E-state index is 7.84. The zero-order valence-corrected chi connectivity index (χ0v) is 21.3. The molecule has 9 N–H and O–H groups in total. The van der Waals surface area contributed by atoms with Crippen LogP contribution in [-0.2, 0) is 13.0 Å². The molecular formula is C24H32N10O4. The summed E-state index contributed by atoms with van der Waals surface area (Å²) in [4.78, 5) is 15.5. The second-order valence-corrected chi connectivity index (χ2v) is 8.69. The minimum absolute atomic E-state index is 0.00939. The minimum atomic E-state index is -0.640. The van der Waals surface area contributed by atoms with Crippen LogP contribution >= 0.6 is 0 Å². The molecule has 0 bridgehead atoms. The van der Waals surface area contributed by atoms with Gasteiger partial charge in [-0.15, -0.1) is 0 Å². The van der Waals surface area contributed by atoms with E-state index in [4.69, 9.17) is 47.3 Å². The molecule has 0 aliphatic carbocycles. The SMILES string of the molecule is CN(CCc1ccc2c(c1)OC(CN=C(N)N=C(N)N(C)Cc1ccc3c(c1)OCO3)O2)C(=N)N=C(N)N. The van der Waals surface area contributed by atoms with Crippen LogP contribution in [0.2, 0.25) is 0 Å². The van der Waals surface area contributed by atoms with E-state index in [0.29, 0.717) is 36.8 Å². The van der Waals surface area contributed by atoms with Crippen molar-refractivity contribution in [3.8, 4) is 23.0 Å². The fourth-order valence-corrected chi connectivity index (χ4v) is 3.69. The van der Waals surface area contributed by atoms with E-state index in [9.17, 15) is 0 Å². The van der Waals surface area contributed by atoms with Crippen molar-refractivity contribution in [2.45, 2.75) is 19.3 Å². The summed E-state index contributed by atoms with van der Waals surface area (Å²) in [5.41, 5.74) is 24.7. The third-order valence-corrected chi connectivity index (χ3v) is 5.74. The van der Waals surface area contributed by atoms with E-state index in [1.807, 2.05) is 36.4 Å². The number of ether oxygens (including phenoxy) is 4. The highest BCUT2D eigenvalue weighted by molar-refractivity contribution is 5.93. The summed E-state index contributed by atoms with van der Waals surface area (Å²) in [6, 6.07) is 11.3. The molecule has 14 nitrogen and oxygen atoms in total. The van der Waals surface area contributed by atoms with Crippen LogP contribution in [0.1, 0.15) is 11.1 Å². The van der Waals surface area contributed by atoms with Gasteiger partial charge in [0.2, 0.25) is 18.7 Å². The van der Waals surface area contributed by atoms with Crippen molar-refractivity contribution in [3.05, 3.63) is 47.5 Å². The predicted molar refractivity (Wildman–Crippen MR) is 144 cm³/mol. The summed E-state index contributed by atoms with van der Waals surface area (Å²) >= 11 is 0. The fraction of sp³-hybridized carbons (Fsp3) is 0.333. The Morgan fingerprint density at radius 2 is 1.58 bits per heavy atom. The normalized spacial score (nSPS) is 15.8. The topological polar surface area (TPSA) is 208 Å². The zero-order chi connectivity index (χ0) is 27.2. The Labute approximate surface area is 220 Å². The van der Waals surface area contributed by atoms with Gasteiger partial charge in [-0.2, -0.15) is 9.98 Å². The number of hydrogen-bond donors (Lipinski definition) is 5. The fourth-order valence-electron chi connectivity index (χ4n) is 3.69. The molecule has 0 aromatic heterocycles. The molecule has 2 aromatic rings. The first-order valence-corrected chi connectivity index (χ1v) is 11.8. The summed E-state index contributed by atoms with van der Waals surface area (Å²) in [6.07, 6.45) is 0.0123. The monoisotopic (exact) mass is 524 g/mol. The smallest absolute Gasteiger partial charge is 0.260 e. The lowest BCUT2D eigenvalue weighted by Crippen LogP contribution is -2.35. The van der Waals surface area contributed by atoms with Gasteiger partial charge in [-0.1, -0.05) is 12.1 Å². The number of rotatable bonds is 7. The van der Waals surface area contributed by atoms with Crippen LogP contribution in [0, 0.1) is 5.41 Å². The molecule has 0 saturated carbocycles. The highest BCUT2D eigenvalue weighted by Gasteiger charge is 2.24. The van der Waals surface area contributed by atoms with Gasteiger partial charge in [0, 0.05) is 27.2 Å². The lowest BCUT2D eigenvalue weighted by atomic mass is 10.1. The van der Waals surface area contributed by atoms with E-state index < -0.39 is 6.29 Å². The van der Waals surface area contributed by atoms with Crippen molar-refractivity contribution < 1.29 is 18.9 Å². The molecular weight excluding hydrogens is 492 g/mol. The van der Waals surface area contributed by atoms with E-state index in [0.717, 1.165) is 16.9 Å². The molecule has 38 heavy (non-hydrogen) atoms. The van der Waals surface area contributed by atoms with Gasteiger partial charge in [-0.05, 0) is 41.8 Å². The number of hydrogen-bond acceptors (Lipinski definition) is 6. The third kappa shape index (κ3) is 6.66. The molecule has 14 heteroatoms. The first-order valence-electron chi connectivity index (χ1n) is 11.8. The minimum Gasteiger partial charge on any atom is -0.454 e. The number of aliphatic imine (C=N–C) groups is 3. The largest absolute Gasteiger partial charge is 0.454 e. The van der Waals surface area contributed by atoms with Gasteiger partial charge in [0.25, 0.3) is 6.29 Å². The van der Waals surface area contributed by atoms with Crippen molar-refractivity contribution in [3.63, 3.8) is 0 Å². The Balaban J connectivity index is 1.27. The van der Waals surface area contributed by atoms with E-state index in [-0.39, 0.29) is 37.2 Å². The van der Waals surface area contributed by atoms with Crippen LogP contribution < -0.4 is 41.9 Å². The lowest BCUT2D eigenvalue weighted by Gasteiger charge is -2.18. The van der Waals surface area contributed by atoms with E-state index in [1.54, 1.807) is 23.9 Å². The Hall–Kier alpha value is -4.88. The molecule has 0 amide bonds. The molecule has 4 rings (SSSR count). The van der Waals surface area contributed by atoms with Crippen molar-refractivity contribution in [1.82, 2.24) is 9.80 Å². The van der Waals surface area contributed by atoms with Gasteiger partial charge in [0.05, 0.1) is 0 Å². The quantitative estimate of drug-likeness (QED) is 0.241. The Morgan fingerprint density at radius 3 is 2.37 bits per heavy atom. The zero-order valence-electron chi connectivity index (χ0n) is 21.3. The van der Waals surface area contributed by atoms with Gasteiger partial charge in [0.1, 0.15) is 6.54 Å². The van der Waals surface area contributed by atoms with Crippen LogP contribution in [0.15, 0.2) is 51.4 Å². The van der Waals surface area contributed by atoms with Gasteiger partial charge < -0.3 is 51.7 Å². The van der Waals surface area contributed by atoms with Crippen LogP contribution in [0.3, 0.4) is 0 Å². The number of nitrogens with one attached hydrogen (secondary N) is 1. The van der Waals surface area contributed by atoms with E-state index in [1.165, 1.54) is 0 Å².